The molecule has 8 heteroatoms. The first-order valence-electron chi connectivity index (χ1n) is 8.30. The zero-order valence-electron chi connectivity index (χ0n) is 13.8. The number of carbonyl (C=O) groups excluding carboxylic acids is 1. The van der Waals surface area contributed by atoms with E-state index in [0.717, 1.165) is 41.0 Å². The summed E-state index contributed by atoms with van der Waals surface area (Å²) in [6, 6.07) is 4.53. The normalized spacial score (nSPS) is 23.0. The summed E-state index contributed by atoms with van der Waals surface area (Å²) in [5.74, 6) is -0.00625. The lowest BCUT2D eigenvalue weighted by molar-refractivity contribution is 0.0646. The smallest absolute Gasteiger partial charge is 0.275 e. The summed E-state index contributed by atoms with van der Waals surface area (Å²) in [6.07, 6.45) is 2.81. The zero-order chi connectivity index (χ0) is 17.1. The molecule has 2 aliphatic heterocycles. The number of nitrogens with two attached hydrogens (primary N) is 1. The molecule has 2 unspecified atom stereocenters. The van der Waals surface area contributed by atoms with Crippen molar-refractivity contribution in [1.82, 2.24) is 25.0 Å². The molecule has 2 aromatic heterocycles. The minimum Gasteiger partial charge on any atom is -0.398 e. The maximum absolute atomic E-state index is 13.0. The van der Waals surface area contributed by atoms with E-state index in [1.807, 2.05) is 22.4 Å². The Bertz CT molecular complexity index is 963. The Morgan fingerprint density at radius 1 is 1.36 bits per heavy atom. The van der Waals surface area contributed by atoms with Crippen molar-refractivity contribution in [3.8, 4) is 10.6 Å². The maximum Gasteiger partial charge on any atom is 0.275 e. The third kappa shape index (κ3) is 2.17. The number of amides is 1. The van der Waals surface area contributed by atoms with Crippen molar-refractivity contribution in [2.24, 2.45) is 0 Å². The molecule has 2 fully saturated rings. The van der Waals surface area contributed by atoms with Gasteiger partial charge in [-0.3, -0.25) is 14.8 Å². The Morgan fingerprint density at radius 2 is 2.24 bits per heavy atom. The number of anilines is 1. The molecular weight excluding hydrogens is 336 g/mol. The molecule has 2 saturated heterocycles. The molecule has 3 N–H and O–H groups in total. The topological polar surface area (TPSA) is 91.1 Å². The van der Waals surface area contributed by atoms with Gasteiger partial charge in [0.2, 0.25) is 0 Å². The largest absolute Gasteiger partial charge is 0.398 e. The second-order valence-electron chi connectivity index (χ2n) is 6.83. The van der Waals surface area contributed by atoms with Crippen LogP contribution in [0.15, 0.2) is 23.7 Å². The number of nitrogens with zero attached hydrogens (tertiary/aromatic N) is 4. The second-order valence-corrected chi connectivity index (χ2v) is 7.73. The first kappa shape index (κ1) is 14.9. The van der Waals surface area contributed by atoms with E-state index in [9.17, 15) is 4.79 Å². The molecule has 0 spiro atoms. The second kappa shape index (κ2) is 5.27. The lowest BCUT2D eigenvalue weighted by atomic mass is 10.1. The summed E-state index contributed by atoms with van der Waals surface area (Å²) in [5.41, 5.74) is 8.98. The van der Waals surface area contributed by atoms with Crippen LogP contribution in [0.25, 0.3) is 21.5 Å². The number of fused-ring (bicyclic) bond motifs is 3. The number of hydrogen-bond acceptors (Lipinski definition) is 6. The third-order valence-corrected chi connectivity index (χ3v) is 6.18. The number of thiazole rings is 1. The molecule has 25 heavy (non-hydrogen) atoms. The van der Waals surface area contributed by atoms with E-state index in [-0.39, 0.29) is 5.91 Å². The average Bonchev–Trinajstić information content (AvgIpc) is 3.36. The van der Waals surface area contributed by atoms with Gasteiger partial charge in [0.1, 0.15) is 5.01 Å². The molecule has 4 heterocycles. The molecule has 1 aromatic carbocycles. The quantitative estimate of drug-likeness (QED) is 0.685. The average molecular weight is 354 g/mol. The Hall–Kier alpha value is -2.45. The lowest BCUT2D eigenvalue weighted by Crippen LogP contribution is -2.47. The van der Waals surface area contributed by atoms with Crippen molar-refractivity contribution >= 4 is 33.8 Å². The number of nitrogen functional groups attached to an aromatic ring is 1. The van der Waals surface area contributed by atoms with Crippen LogP contribution in [-0.2, 0) is 0 Å². The van der Waals surface area contributed by atoms with Gasteiger partial charge in [-0.2, -0.15) is 5.10 Å². The summed E-state index contributed by atoms with van der Waals surface area (Å²) >= 11 is 1.54. The van der Waals surface area contributed by atoms with Crippen molar-refractivity contribution in [3.63, 3.8) is 0 Å². The number of H-pyrrole nitrogens is 1. The number of rotatable bonds is 2. The molecular formula is C17H18N6OS. The van der Waals surface area contributed by atoms with Crippen LogP contribution >= 0.6 is 11.3 Å². The van der Waals surface area contributed by atoms with E-state index in [1.54, 1.807) is 6.20 Å². The van der Waals surface area contributed by atoms with Gasteiger partial charge in [-0.15, -0.1) is 11.3 Å². The van der Waals surface area contributed by atoms with Crippen molar-refractivity contribution in [1.29, 1.82) is 0 Å². The van der Waals surface area contributed by atoms with Gasteiger partial charge < -0.3 is 10.6 Å². The van der Waals surface area contributed by atoms with E-state index in [1.165, 1.54) is 11.3 Å². The highest BCUT2D eigenvalue weighted by Gasteiger charge is 2.44. The van der Waals surface area contributed by atoms with Gasteiger partial charge in [-0.1, -0.05) is 0 Å². The van der Waals surface area contributed by atoms with Gasteiger partial charge in [0, 0.05) is 53.4 Å². The molecule has 0 radical (unpaired) electrons. The molecule has 0 aliphatic carbocycles. The highest BCUT2D eigenvalue weighted by Crippen LogP contribution is 2.34. The molecule has 1 amide bonds. The zero-order valence-corrected chi connectivity index (χ0v) is 14.6. The molecule has 7 nitrogen and oxygen atoms in total. The van der Waals surface area contributed by atoms with Gasteiger partial charge in [0.15, 0.2) is 5.69 Å². The third-order valence-electron chi connectivity index (χ3n) is 5.37. The van der Waals surface area contributed by atoms with Gasteiger partial charge >= 0.3 is 0 Å². The number of hydrogen-bond donors (Lipinski definition) is 2. The highest BCUT2D eigenvalue weighted by atomic mass is 32.1. The summed E-state index contributed by atoms with van der Waals surface area (Å²) in [7, 11) is 2.12. The summed E-state index contributed by atoms with van der Waals surface area (Å²) in [6.45, 7) is 1.72. The number of nitrogens with one attached hydrogen (secondary N) is 1. The number of benzene rings is 1. The minimum absolute atomic E-state index is 0.00625. The van der Waals surface area contributed by atoms with Crippen LogP contribution in [0.4, 0.5) is 5.69 Å². The fraction of sp³-hybridized carbons (Fsp3) is 0.353. The van der Waals surface area contributed by atoms with Crippen molar-refractivity contribution in [3.05, 3.63) is 29.4 Å². The van der Waals surface area contributed by atoms with Gasteiger partial charge in [0.05, 0.1) is 5.52 Å². The van der Waals surface area contributed by atoms with Crippen LogP contribution in [0.3, 0.4) is 0 Å². The number of likely N-dealkylation sites (N-methyl/N-ethyl adjacent to an activating group) is 1. The van der Waals surface area contributed by atoms with Crippen LogP contribution in [0, 0.1) is 0 Å². The minimum atomic E-state index is -0.00625. The van der Waals surface area contributed by atoms with E-state index < -0.39 is 0 Å². The van der Waals surface area contributed by atoms with Crippen molar-refractivity contribution < 1.29 is 4.79 Å². The Kier molecular flexibility index (Phi) is 3.13. The summed E-state index contributed by atoms with van der Waals surface area (Å²) in [4.78, 5) is 21.6. The van der Waals surface area contributed by atoms with E-state index in [0.29, 0.717) is 23.5 Å². The Balaban J connectivity index is 1.53. The Morgan fingerprint density at radius 3 is 2.92 bits per heavy atom. The summed E-state index contributed by atoms with van der Waals surface area (Å²) < 4.78 is 0. The number of carbonyl (C=O) groups is 1. The first-order chi connectivity index (χ1) is 12.1. The fourth-order valence-electron chi connectivity index (χ4n) is 4.04. The van der Waals surface area contributed by atoms with Crippen LogP contribution in [0.5, 0.6) is 0 Å². The van der Waals surface area contributed by atoms with Crippen LogP contribution in [-0.4, -0.2) is 63.1 Å². The Labute approximate surface area is 148 Å². The van der Waals surface area contributed by atoms with Crippen molar-refractivity contribution in [2.45, 2.75) is 18.5 Å². The predicted molar refractivity (Wildman–Crippen MR) is 97.5 cm³/mol. The standard InChI is InChI=1S/C17H18N6OS/c1-22-7-10-4-9(22)8-23(10)17(24)15-12-5-13(18)11(6-14(12)20-21-15)16-19-2-3-25-16/h2-3,5-6,9-10H,4,7-8,18H2,1H3,(H,20,21). The maximum atomic E-state index is 13.0. The SMILES string of the molecule is CN1CC2CC1CN2C(=O)c1n[nH]c2cc(-c3nccs3)c(N)cc12. The van der Waals surface area contributed by atoms with Gasteiger partial charge in [-0.25, -0.2) is 4.98 Å². The molecule has 0 saturated carbocycles. The van der Waals surface area contributed by atoms with E-state index in [4.69, 9.17) is 5.73 Å². The number of piperazine rings is 1. The number of aromatic nitrogens is 3. The molecule has 5 rings (SSSR count). The molecule has 3 aromatic rings. The van der Waals surface area contributed by atoms with E-state index >= 15 is 0 Å². The van der Waals surface area contributed by atoms with Crippen LogP contribution < -0.4 is 5.73 Å². The highest BCUT2D eigenvalue weighted by molar-refractivity contribution is 7.13. The van der Waals surface area contributed by atoms with Gasteiger partial charge in [-0.05, 0) is 25.6 Å². The first-order valence-corrected chi connectivity index (χ1v) is 9.18. The number of likely N-dealkylation sites (tertiary alicyclic amines) is 2. The van der Waals surface area contributed by atoms with Crippen LogP contribution in [0.1, 0.15) is 16.9 Å². The molecule has 128 valence electrons. The molecule has 2 bridgehead atoms. The summed E-state index contributed by atoms with van der Waals surface area (Å²) in [5, 5.41) is 10.8. The molecule has 2 aliphatic rings. The lowest BCUT2D eigenvalue weighted by Gasteiger charge is -2.31. The fourth-order valence-corrected chi connectivity index (χ4v) is 4.71. The molecule has 2 atom stereocenters. The predicted octanol–water partition coefficient (Wildman–Crippen LogP) is 1.80. The van der Waals surface area contributed by atoms with Crippen LogP contribution in [0.2, 0.25) is 0 Å². The monoisotopic (exact) mass is 354 g/mol. The number of aromatic amines is 1. The van der Waals surface area contributed by atoms with Gasteiger partial charge in [0.25, 0.3) is 5.91 Å². The van der Waals surface area contributed by atoms with Crippen molar-refractivity contribution in [2.75, 3.05) is 25.9 Å². The van der Waals surface area contributed by atoms with E-state index in [2.05, 4.69) is 27.1 Å².